The van der Waals surface area contributed by atoms with Crippen molar-refractivity contribution in [1.82, 2.24) is 9.62 Å². The molecule has 3 rings (SSSR count). The third-order valence-corrected chi connectivity index (χ3v) is 8.85. The number of nitrogens with zero attached hydrogens (tertiary/aromatic N) is 1. The van der Waals surface area contributed by atoms with E-state index in [4.69, 9.17) is 0 Å². The number of amides is 2. The summed E-state index contributed by atoms with van der Waals surface area (Å²) in [5.74, 6) is 0.684. The molecule has 8 heteroatoms. The molecule has 1 aliphatic heterocycles. The van der Waals surface area contributed by atoms with Gasteiger partial charge in [-0.2, -0.15) is 4.31 Å². The highest BCUT2D eigenvalue weighted by atomic mass is 32.2. The van der Waals surface area contributed by atoms with Crippen LogP contribution in [0.25, 0.3) is 0 Å². The summed E-state index contributed by atoms with van der Waals surface area (Å²) in [4.78, 5) is 24.1. The molecule has 1 saturated carbocycles. The fourth-order valence-corrected chi connectivity index (χ4v) is 6.31. The number of sulfonamides is 1. The van der Waals surface area contributed by atoms with Crippen molar-refractivity contribution < 1.29 is 18.0 Å². The van der Waals surface area contributed by atoms with Crippen molar-refractivity contribution in [3.63, 3.8) is 0 Å². The highest BCUT2D eigenvalue weighted by Gasteiger charge is 2.34. The van der Waals surface area contributed by atoms with Crippen LogP contribution >= 0.6 is 0 Å². The molecule has 1 saturated heterocycles. The molecule has 0 bridgehead atoms. The Morgan fingerprint density at radius 2 is 1.50 bits per heavy atom. The number of carbonyl (C=O) groups is 2. The van der Waals surface area contributed by atoms with Crippen LogP contribution in [0.1, 0.15) is 66.2 Å². The minimum Gasteiger partial charge on any atom is -0.353 e. The number of piperidine rings is 1. The van der Waals surface area contributed by atoms with E-state index in [-0.39, 0.29) is 28.7 Å². The van der Waals surface area contributed by atoms with Crippen LogP contribution in [0.15, 0.2) is 29.2 Å². The predicted molar refractivity (Wildman–Crippen MR) is 126 cm³/mol. The molecule has 2 amide bonds. The summed E-state index contributed by atoms with van der Waals surface area (Å²) in [6.07, 6.45) is 5.31. The minimum atomic E-state index is -3.59. The van der Waals surface area contributed by atoms with E-state index in [1.165, 1.54) is 23.4 Å². The number of hydrogen-bond acceptors (Lipinski definition) is 4. The Balaban J connectivity index is 1.49. The maximum Gasteiger partial charge on any atom is 0.243 e. The van der Waals surface area contributed by atoms with Gasteiger partial charge in [0.05, 0.1) is 4.90 Å². The lowest BCUT2D eigenvalue weighted by atomic mass is 9.69. The second-order valence-electron chi connectivity index (χ2n) is 10.3. The van der Waals surface area contributed by atoms with Crippen LogP contribution in [0, 0.1) is 17.3 Å². The fourth-order valence-electron chi connectivity index (χ4n) is 4.84. The van der Waals surface area contributed by atoms with Crippen LogP contribution in [0.2, 0.25) is 0 Å². The van der Waals surface area contributed by atoms with Gasteiger partial charge in [-0.05, 0) is 74.1 Å². The SMILES string of the molecule is CC(=O)Nc1ccc(S(=O)(=O)N2CCC(NC(=O)C3CCC(C(C)(C)C)CC3)CC2)cc1. The molecule has 32 heavy (non-hydrogen) atoms. The Morgan fingerprint density at radius 1 is 0.938 bits per heavy atom. The lowest BCUT2D eigenvalue weighted by molar-refractivity contribution is -0.127. The van der Waals surface area contributed by atoms with Crippen LogP contribution in [0.5, 0.6) is 0 Å². The minimum absolute atomic E-state index is 0.0245. The summed E-state index contributed by atoms with van der Waals surface area (Å²) >= 11 is 0. The Morgan fingerprint density at radius 3 is 2.00 bits per heavy atom. The second-order valence-corrected chi connectivity index (χ2v) is 12.2. The molecular weight excluding hydrogens is 426 g/mol. The molecule has 2 aliphatic rings. The first-order chi connectivity index (χ1) is 15.0. The molecule has 0 radical (unpaired) electrons. The van der Waals surface area contributed by atoms with Crippen molar-refractivity contribution in [3.8, 4) is 0 Å². The molecule has 0 aromatic heterocycles. The number of carbonyl (C=O) groups excluding carboxylic acids is 2. The van der Waals surface area contributed by atoms with E-state index in [9.17, 15) is 18.0 Å². The molecule has 0 spiro atoms. The highest BCUT2D eigenvalue weighted by molar-refractivity contribution is 7.89. The van der Waals surface area contributed by atoms with Crippen LogP contribution in [0.3, 0.4) is 0 Å². The van der Waals surface area contributed by atoms with Crippen LogP contribution in [0.4, 0.5) is 5.69 Å². The molecule has 1 heterocycles. The summed E-state index contributed by atoms with van der Waals surface area (Å²) in [6.45, 7) is 9.01. The summed E-state index contributed by atoms with van der Waals surface area (Å²) in [6, 6.07) is 6.24. The lowest BCUT2D eigenvalue weighted by Gasteiger charge is -2.37. The van der Waals surface area contributed by atoms with E-state index in [2.05, 4.69) is 31.4 Å². The molecule has 1 aliphatic carbocycles. The molecule has 0 atom stereocenters. The van der Waals surface area contributed by atoms with Crippen LogP contribution in [-0.4, -0.2) is 43.7 Å². The fraction of sp³-hybridized carbons (Fsp3) is 0.667. The van der Waals surface area contributed by atoms with Crippen LogP contribution < -0.4 is 10.6 Å². The zero-order valence-electron chi connectivity index (χ0n) is 19.7. The van der Waals surface area contributed by atoms with Crippen molar-refractivity contribution in [2.24, 2.45) is 17.3 Å². The topological polar surface area (TPSA) is 95.6 Å². The Hall–Kier alpha value is -1.93. The molecule has 1 aromatic rings. The van der Waals surface area contributed by atoms with Gasteiger partial charge in [-0.15, -0.1) is 0 Å². The third-order valence-electron chi connectivity index (χ3n) is 6.94. The third kappa shape index (κ3) is 6.10. The Labute approximate surface area is 192 Å². The first-order valence-corrected chi connectivity index (χ1v) is 13.1. The normalized spacial score (nSPS) is 23.5. The molecule has 0 unspecified atom stereocenters. The van der Waals surface area contributed by atoms with Crippen molar-refractivity contribution in [3.05, 3.63) is 24.3 Å². The second kappa shape index (κ2) is 9.91. The number of rotatable bonds is 5. The number of anilines is 1. The van der Waals surface area contributed by atoms with Crippen molar-refractivity contribution in [2.45, 2.75) is 77.2 Å². The first kappa shape index (κ1) is 24.7. The van der Waals surface area contributed by atoms with E-state index < -0.39 is 10.0 Å². The number of benzene rings is 1. The average Bonchev–Trinajstić information content (AvgIpc) is 2.73. The Kier molecular flexibility index (Phi) is 7.65. The van der Waals surface area contributed by atoms with Gasteiger partial charge in [0.2, 0.25) is 21.8 Å². The first-order valence-electron chi connectivity index (χ1n) is 11.6. The summed E-state index contributed by atoms with van der Waals surface area (Å²) in [7, 11) is -3.59. The van der Waals surface area contributed by atoms with Gasteiger partial charge in [0, 0.05) is 37.7 Å². The molecule has 2 fully saturated rings. The van der Waals surface area contributed by atoms with Gasteiger partial charge in [0.1, 0.15) is 0 Å². The Bertz CT molecular complexity index is 906. The molecule has 178 valence electrons. The van der Waals surface area contributed by atoms with E-state index in [1.54, 1.807) is 12.1 Å². The quantitative estimate of drug-likeness (QED) is 0.695. The van der Waals surface area contributed by atoms with E-state index >= 15 is 0 Å². The maximum atomic E-state index is 13.0. The van der Waals surface area contributed by atoms with Crippen LogP contribution in [-0.2, 0) is 19.6 Å². The van der Waals surface area contributed by atoms with Gasteiger partial charge in [-0.3, -0.25) is 9.59 Å². The zero-order valence-corrected chi connectivity index (χ0v) is 20.5. The molecule has 1 aromatic carbocycles. The molecule has 7 nitrogen and oxygen atoms in total. The predicted octanol–water partition coefficient (Wildman–Crippen LogP) is 3.77. The molecule has 2 N–H and O–H groups in total. The van der Waals surface area contributed by atoms with E-state index in [1.807, 2.05) is 0 Å². The van der Waals surface area contributed by atoms with Gasteiger partial charge < -0.3 is 10.6 Å². The zero-order chi connectivity index (χ0) is 23.5. The van der Waals surface area contributed by atoms with Gasteiger partial charge >= 0.3 is 0 Å². The molecular formula is C24H37N3O4S. The lowest BCUT2D eigenvalue weighted by Crippen LogP contribution is -2.48. The highest BCUT2D eigenvalue weighted by Crippen LogP contribution is 2.39. The van der Waals surface area contributed by atoms with E-state index in [0.717, 1.165) is 25.7 Å². The smallest absolute Gasteiger partial charge is 0.243 e. The summed E-state index contributed by atoms with van der Waals surface area (Å²) in [5.41, 5.74) is 0.860. The van der Waals surface area contributed by atoms with Gasteiger partial charge in [0.15, 0.2) is 0 Å². The van der Waals surface area contributed by atoms with Gasteiger partial charge in [0.25, 0.3) is 0 Å². The van der Waals surface area contributed by atoms with Crippen molar-refractivity contribution >= 4 is 27.5 Å². The summed E-state index contributed by atoms with van der Waals surface area (Å²) in [5, 5.41) is 5.81. The monoisotopic (exact) mass is 463 g/mol. The van der Waals surface area contributed by atoms with E-state index in [0.29, 0.717) is 43.0 Å². The summed E-state index contributed by atoms with van der Waals surface area (Å²) < 4.78 is 27.4. The largest absolute Gasteiger partial charge is 0.353 e. The number of hydrogen-bond donors (Lipinski definition) is 2. The van der Waals surface area contributed by atoms with Crippen molar-refractivity contribution in [2.75, 3.05) is 18.4 Å². The van der Waals surface area contributed by atoms with Gasteiger partial charge in [-0.1, -0.05) is 20.8 Å². The average molecular weight is 464 g/mol. The van der Waals surface area contributed by atoms with Crippen molar-refractivity contribution in [1.29, 1.82) is 0 Å². The maximum absolute atomic E-state index is 13.0. The van der Waals surface area contributed by atoms with Gasteiger partial charge in [-0.25, -0.2) is 8.42 Å². The standard InChI is InChI=1S/C24H37N3O4S/c1-17(28)25-20-9-11-22(12-10-20)32(30,31)27-15-13-21(14-16-27)26-23(29)18-5-7-19(8-6-18)24(2,3)4/h9-12,18-19,21H,5-8,13-16H2,1-4H3,(H,25,28)(H,26,29). The number of nitrogens with one attached hydrogen (secondary N) is 2.